The van der Waals surface area contributed by atoms with Gasteiger partial charge in [-0.2, -0.15) is 0 Å². The smallest absolute Gasteiger partial charge is 0.330 e. The summed E-state index contributed by atoms with van der Waals surface area (Å²) in [4.78, 5) is 11.2. The normalized spacial score (nSPS) is 11.9. The molecule has 19 heavy (non-hydrogen) atoms. The van der Waals surface area contributed by atoms with Gasteiger partial charge in [-0.25, -0.2) is 13.6 Å². The molecule has 0 heterocycles. The molecule has 2 aromatic rings. The molecule has 0 aliphatic rings. The van der Waals surface area contributed by atoms with Crippen molar-refractivity contribution in [2.24, 2.45) is 0 Å². The van der Waals surface area contributed by atoms with Crippen molar-refractivity contribution in [2.75, 3.05) is 5.32 Å². The molecule has 1 unspecified atom stereocenters. The summed E-state index contributed by atoms with van der Waals surface area (Å²) in [6.07, 6.45) is 0. The van der Waals surface area contributed by atoms with E-state index in [1.165, 1.54) is 42.5 Å². The topological polar surface area (TPSA) is 49.3 Å². The van der Waals surface area contributed by atoms with Crippen molar-refractivity contribution in [2.45, 2.75) is 6.04 Å². The van der Waals surface area contributed by atoms with Crippen molar-refractivity contribution in [1.29, 1.82) is 0 Å². The lowest BCUT2D eigenvalue weighted by Crippen LogP contribution is -2.20. The van der Waals surface area contributed by atoms with E-state index in [0.717, 1.165) is 6.07 Å². The number of carboxylic acid groups (broad SMARTS) is 1. The van der Waals surface area contributed by atoms with Gasteiger partial charge in [-0.3, -0.25) is 0 Å². The monoisotopic (exact) mass is 263 g/mol. The van der Waals surface area contributed by atoms with Crippen LogP contribution < -0.4 is 5.32 Å². The second-order valence-electron chi connectivity index (χ2n) is 3.98. The van der Waals surface area contributed by atoms with Crippen molar-refractivity contribution < 1.29 is 18.7 Å². The highest BCUT2D eigenvalue weighted by molar-refractivity contribution is 5.79. The predicted molar refractivity (Wildman–Crippen MR) is 66.8 cm³/mol. The van der Waals surface area contributed by atoms with Crippen LogP contribution in [0.25, 0.3) is 0 Å². The number of anilines is 1. The number of hydrogen-bond acceptors (Lipinski definition) is 2. The maximum absolute atomic E-state index is 13.1. The first-order valence-electron chi connectivity index (χ1n) is 5.56. The molecule has 0 bridgehead atoms. The summed E-state index contributed by atoms with van der Waals surface area (Å²) in [7, 11) is 0. The third-order valence-corrected chi connectivity index (χ3v) is 2.56. The van der Waals surface area contributed by atoms with Gasteiger partial charge < -0.3 is 10.4 Å². The molecule has 1 atom stereocenters. The highest BCUT2D eigenvalue weighted by Crippen LogP contribution is 2.21. The van der Waals surface area contributed by atoms with Crippen LogP contribution in [0, 0.1) is 11.6 Å². The molecule has 5 heteroatoms. The summed E-state index contributed by atoms with van der Waals surface area (Å²) in [5, 5.41) is 11.8. The first-order chi connectivity index (χ1) is 9.06. The Balaban J connectivity index is 2.29. The van der Waals surface area contributed by atoms with Gasteiger partial charge in [0.25, 0.3) is 0 Å². The van der Waals surface area contributed by atoms with Gasteiger partial charge in [-0.05, 0) is 35.9 Å². The zero-order valence-corrected chi connectivity index (χ0v) is 9.81. The highest BCUT2D eigenvalue weighted by Gasteiger charge is 2.20. The molecule has 2 rings (SSSR count). The average molecular weight is 263 g/mol. The number of rotatable bonds is 4. The standard InChI is InChI=1S/C14H11F2NO2/c15-10-4-1-3-9(7-10)13(14(18)19)17-12-6-2-5-11(16)8-12/h1-8,13,17H,(H,18,19). The molecule has 2 N–H and O–H groups in total. The zero-order chi connectivity index (χ0) is 13.8. The van der Waals surface area contributed by atoms with Crippen LogP contribution in [0.1, 0.15) is 11.6 Å². The lowest BCUT2D eigenvalue weighted by Gasteiger charge is -2.16. The Bertz CT molecular complexity index is 602. The second kappa shape index (κ2) is 5.48. The van der Waals surface area contributed by atoms with Crippen LogP contribution in [-0.4, -0.2) is 11.1 Å². The summed E-state index contributed by atoms with van der Waals surface area (Å²) in [5.74, 6) is -2.17. The molecule has 0 aliphatic heterocycles. The Kier molecular flexibility index (Phi) is 3.75. The fourth-order valence-corrected chi connectivity index (χ4v) is 1.72. The van der Waals surface area contributed by atoms with Gasteiger partial charge in [-0.1, -0.05) is 18.2 Å². The van der Waals surface area contributed by atoms with Crippen LogP contribution in [0.15, 0.2) is 48.5 Å². The molecule has 3 nitrogen and oxygen atoms in total. The Morgan fingerprint density at radius 2 is 1.68 bits per heavy atom. The van der Waals surface area contributed by atoms with E-state index in [1.54, 1.807) is 0 Å². The zero-order valence-electron chi connectivity index (χ0n) is 9.81. The first kappa shape index (κ1) is 13.0. The molecule has 2 aromatic carbocycles. The maximum atomic E-state index is 13.1. The molecule has 0 radical (unpaired) electrons. The van der Waals surface area contributed by atoms with Crippen LogP contribution in [0.2, 0.25) is 0 Å². The quantitative estimate of drug-likeness (QED) is 0.890. The van der Waals surface area contributed by atoms with Crippen LogP contribution in [0.4, 0.5) is 14.5 Å². The average Bonchev–Trinajstić information content (AvgIpc) is 2.35. The van der Waals surface area contributed by atoms with Gasteiger partial charge in [0.05, 0.1) is 0 Å². The molecule has 98 valence electrons. The van der Waals surface area contributed by atoms with Gasteiger partial charge in [0, 0.05) is 5.69 Å². The van der Waals surface area contributed by atoms with Crippen LogP contribution >= 0.6 is 0 Å². The SMILES string of the molecule is O=C(O)C(Nc1cccc(F)c1)c1cccc(F)c1. The number of benzene rings is 2. The molecule has 0 spiro atoms. The van der Waals surface area contributed by atoms with Crippen LogP contribution in [0.5, 0.6) is 0 Å². The third-order valence-electron chi connectivity index (χ3n) is 2.56. The van der Waals surface area contributed by atoms with E-state index in [1.807, 2.05) is 0 Å². The molecule has 0 amide bonds. The number of halogens is 2. The van der Waals surface area contributed by atoms with E-state index in [0.29, 0.717) is 5.69 Å². The number of nitrogens with one attached hydrogen (secondary N) is 1. The number of aliphatic carboxylic acids is 1. The molecule has 0 aromatic heterocycles. The molecule has 0 aliphatic carbocycles. The van der Waals surface area contributed by atoms with Gasteiger partial charge in [-0.15, -0.1) is 0 Å². The van der Waals surface area contributed by atoms with Crippen LogP contribution in [0.3, 0.4) is 0 Å². The van der Waals surface area contributed by atoms with E-state index < -0.39 is 23.6 Å². The van der Waals surface area contributed by atoms with Gasteiger partial charge >= 0.3 is 5.97 Å². The highest BCUT2D eigenvalue weighted by atomic mass is 19.1. The van der Waals surface area contributed by atoms with Crippen molar-refractivity contribution in [3.8, 4) is 0 Å². The lowest BCUT2D eigenvalue weighted by molar-refractivity contribution is -0.138. The Morgan fingerprint density at radius 3 is 2.26 bits per heavy atom. The van der Waals surface area contributed by atoms with Gasteiger partial charge in [0.15, 0.2) is 6.04 Å². The van der Waals surface area contributed by atoms with Crippen molar-refractivity contribution in [3.63, 3.8) is 0 Å². The van der Waals surface area contributed by atoms with Crippen LogP contribution in [-0.2, 0) is 4.79 Å². The third kappa shape index (κ3) is 3.28. The van der Waals surface area contributed by atoms with E-state index in [4.69, 9.17) is 5.11 Å². The molecular formula is C14H11F2NO2. The minimum Gasteiger partial charge on any atom is -0.479 e. The van der Waals surface area contributed by atoms with E-state index in [-0.39, 0.29) is 5.56 Å². The summed E-state index contributed by atoms with van der Waals surface area (Å²) >= 11 is 0. The summed E-state index contributed by atoms with van der Waals surface area (Å²) < 4.78 is 26.2. The Morgan fingerprint density at radius 1 is 1.05 bits per heavy atom. The maximum Gasteiger partial charge on any atom is 0.330 e. The van der Waals surface area contributed by atoms with Crippen molar-refractivity contribution >= 4 is 11.7 Å². The fraction of sp³-hybridized carbons (Fsp3) is 0.0714. The summed E-state index contributed by atoms with van der Waals surface area (Å²) in [6, 6.07) is 9.56. The molecule has 0 saturated carbocycles. The van der Waals surface area contributed by atoms with Crippen molar-refractivity contribution in [3.05, 3.63) is 65.7 Å². The minimum atomic E-state index is -1.17. The Hall–Kier alpha value is -2.43. The Labute approximate surface area is 108 Å². The number of carbonyl (C=O) groups is 1. The fourth-order valence-electron chi connectivity index (χ4n) is 1.72. The van der Waals surface area contributed by atoms with E-state index >= 15 is 0 Å². The molecule has 0 fully saturated rings. The number of hydrogen-bond donors (Lipinski definition) is 2. The first-order valence-corrected chi connectivity index (χ1v) is 5.56. The molecular weight excluding hydrogens is 252 g/mol. The lowest BCUT2D eigenvalue weighted by atomic mass is 10.1. The van der Waals surface area contributed by atoms with Crippen molar-refractivity contribution in [1.82, 2.24) is 0 Å². The second-order valence-corrected chi connectivity index (χ2v) is 3.98. The number of carboxylic acids is 1. The minimum absolute atomic E-state index is 0.261. The largest absolute Gasteiger partial charge is 0.479 e. The molecule has 0 saturated heterocycles. The summed E-state index contributed by atoms with van der Waals surface area (Å²) in [6.45, 7) is 0. The van der Waals surface area contributed by atoms with E-state index in [9.17, 15) is 13.6 Å². The predicted octanol–water partition coefficient (Wildman–Crippen LogP) is 3.20. The summed E-state index contributed by atoms with van der Waals surface area (Å²) in [5.41, 5.74) is 0.577. The van der Waals surface area contributed by atoms with Gasteiger partial charge in [0.1, 0.15) is 11.6 Å². The van der Waals surface area contributed by atoms with Gasteiger partial charge in [0.2, 0.25) is 0 Å². The van der Waals surface area contributed by atoms with E-state index in [2.05, 4.69) is 5.32 Å².